The molecular formula is C19H22N6. The second-order valence-corrected chi connectivity index (χ2v) is 6.97. The van der Waals surface area contributed by atoms with Crippen LogP contribution < -0.4 is 5.32 Å². The molecule has 3 aromatic heterocycles. The summed E-state index contributed by atoms with van der Waals surface area (Å²) in [7, 11) is 0. The fourth-order valence-corrected chi connectivity index (χ4v) is 3.43. The first-order valence-electron chi connectivity index (χ1n) is 8.81. The number of nitriles is 1. The van der Waals surface area contributed by atoms with Crippen LogP contribution in [0.5, 0.6) is 0 Å². The molecule has 0 unspecified atom stereocenters. The lowest BCUT2D eigenvalue weighted by molar-refractivity contribution is 0.357. The van der Waals surface area contributed by atoms with E-state index < -0.39 is 0 Å². The number of pyridine rings is 1. The minimum atomic E-state index is 0.351. The molecule has 0 amide bonds. The first-order valence-corrected chi connectivity index (χ1v) is 8.81. The Balaban J connectivity index is 1.48. The van der Waals surface area contributed by atoms with Gasteiger partial charge in [0.15, 0.2) is 5.82 Å². The standard InChI is InChI=1S/C19H22N6/c1-13(2)19-22-18-7-6-15(12-25(18)23-19)21-10-14-11-24-8-4-3-5-17(24)16(14)9-20/h3-5,8,11,13,15,21H,6-7,10,12H2,1-2H3/t15-/m1/s1. The van der Waals surface area contributed by atoms with Gasteiger partial charge in [0.1, 0.15) is 11.9 Å². The van der Waals surface area contributed by atoms with E-state index in [-0.39, 0.29) is 0 Å². The van der Waals surface area contributed by atoms with Crippen molar-refractivity contribution in [3.8, 4) is 6.07 Å². The molecule has 6 heteroatoms. The zero-order valence-corrected chi connectivity index (χ0v) is 14.6. The van der Waals surface area contributed by atoms with E-state index in [0.29, 0.717) is 18.5 Å². The molecule has 4 rings (SSSR count). The molecule has 0 fully saturated rings. The Morgan fingerprint density at radius 1 is 1.40 bits per heavy atom. The molecule has 0 radical (unpaired) electrons. The lowest BCUT2D eigenvalue weighted by atomic mass is 10.1. The van der Waals surface area contributed by atoms with Gasteiger partial charge in [-0.1, -0.05) is 19.9 Å². The SMILES string of the molecule is CC(C)c1nc2n(n1)C[C@H](NCc1cn3ccccc3c1C#N)CC2. The van der Waals surface area contributed by atoms with Crippen molar-refractivity contribution < 1.29 is 0 Å². The zero-order chi connectivity index (χ0) is 17.4. The molecule has 1 atom stereocenters. The largest absolute Gasteiger partial charge is 0.322 e. The molecule has 128 valence electrons. The average molecular weight is 334 g/mol. The van der Waals surface area contributed by atoms with Crippen LogP contribution in [-0.4, -0.2) is 25.2 Å². The number of fused-ring (bicyclic) bond motifs is 2. The monoisotopic (exact) mass is 334 g/mol. The fourth-order valence-electron chi connectivity index (χ4n) is 3.43. The maximum atomic E-state index is 9.51. The smallest absolute Gasteiger partial charge is 0.153 e. The summed E-state index contributed by atoms with van der Waals surface area (Å²) in [5.74, 6) is 2.38. The molecule has 0 aromatic carbocycles. The molecular weight excluding hydrogens is 312 g/mol. The van der Waals surface area contributed by atoms with Crippen molar-refractivity contribution in [1.82, 2.24) is 24.5 Å². The number of nitrogens with one attached hydrogen (secondary N) is 1. The summed E-state index contributed by atoms with van der Waals surface area (Å²) >= 11 is 0. The summed E-state index contributed by atoms with van der Waals surface area (Å²) in [6.07, 6.45) is 6.02. The van der Waals surface area contributed by atoms with Gasteiger partial charge >= 0.3 is 0 Å². The third kappa shape index (κ3) is 2.92. The van der Waals surface area contributed by atoms with Crippen molar-refractivity contribution in [1.29, 1.82) is 5.26 Å². The molecule has 1 aliphatic heterocycles. The lowest BCUT2D eigenvalue weighted by Crippen LogP contribution is -2.37. The van der Waals surface area contributed by atoms with E-state index in [2.05, 4.69) is 35.3 Å². The summed E-state index contributed by atoms with van der Waals surface area (Å²) in [5, 5.41) is 17.7. The van der Waals surface area contributed by atoms with E-state index in [9.17, 15) is 5.26 Å². The third-order valence-electron chi connectivity index (χ3n) is 4.85. The Hall–Kier alpha value is -2.65. The van der Waals surface area contributed by atoms with Gasteiger partial charge in [-0.15, -0.1) is 0 Å². The van der Waals surface area contributed by atoms with Crippen LogP contribution in [0.4, 0.5) is 0 Å². The van der Waals surface area contributed by atoms with E-state index in [1.807, 2.05) is 39.7 Å². The molecule has 1 aliphatic rings. The molecule has 0 saturated carbocycles. The summed E-state index contributed by atoms with van der Waals surface area (Å²) in [4.78, 5) is 4.64. The Bertz CT molecular complexity index is 943. The zero-order valence-electron chi connectivity index (χ0n) is 14.6. The van der Waals surface area contributed by atoms with E-state index in [1.165, 1.54) is 0 Å². The van der Waals surface area contributed by atoms with Gasteiger partial charge in [-0.2, -0.15) is 10.4 Å². The number of hydrogen-bond acceptors (Lipinski definition) is 4. The second kappa shape index (κ2) is 6.34. The lowest BCUT2D eigenvalue weighted by Gasteiger charge is -2.23. The average Bonchev–Trinajstić information content (AvgIpc) is 3.20. The number of nitrogens with zero attached hydrogens (tertiary/aromatic N) is 5. The highest BCUT2D eigenvalue weighted by molar-refractivity contribution is 5.65. The van der Waals surface area contributed by atoms with Crippen molar-refractivity contribution in [2.45, 2.75) is 51.7 Å². The fraction of sp³-hybridized carbons (Fsp3) is 0.421. The normalized spacial score (nSPS) is 17.0. The van der Waals surface area contributed by atoms with Crippen molar-refractivity contribution in [3.63, 3.8) is 0 Å². The Morgan fingerprint density at radius 3 is 3.08 bits per heavy atom. The van der Waals surface area contributed by atoms with Gasteiger partial charge in [0, 0.05) is 42.9 Å². The minimum Gasteiger partial charge on any atom is -0.322 e. The van der Waals surface area contributed by atoms with E-state index in [4.69, 9.17) is 0 Å². The van der Waals surface area contributed by atoms with Gasteiger partial charge in [0.05, 0.1) is 17.6 Å². The maximum absolute atomic E-state index is 9.51. The van der Waals surface area contributed by atoms with Crippen LogP contribution in [0, 0.1) is 11.3 Å². The maximum Gasteiger partial charge on any atom is 0.153 e. The van der Waals surface area contributed by atoms with Crippen molar-refractivity contribution >= 4 is 5.52 Å². The van der Waals surface area contributed by atoms with Gasteiger partial charge in [-0.3, -0.25) is 0 Å². The first-order chi connectivity index (χ1) is 12.2. The molecule has 1 N–H and O–H groups in total. The van der Waals surface area contributed by atoms with Crippen LogP contribution in [0.25, 0.3) is 5.52 Å². The van der Waals surface area contributed by atoms with Crippen LogP contribution in [0.2, 0.25) is 0 Å². The summed E-state index contributed by atoms with van der Waals surface area (Å²) in [6.45, 7) is 5.77. The van der Waals surface area contributed by atoms with Crippen LogP contribution in [-0.2, 0) is 19.5 Å². The van der Waals surface area contributed by atoms with E-state index >= 15 is 0 Å². The van der Waals surface area contributed by atoms with Crippen LogP contribution in [0.1, 0.15) is 49.0 Å². The number of hydrogen-bond donors (Lipinski definition) is 1. The minimum absolute atomic E-state index is 0.351. The molecule has 4 heterocycles. The molecule has 0 aliphatic carbocycles. The Labute approximate surface area is 147 Å². The van der Waals surface area contributed by atoms with Gasteiger partial charge in [0.25, 0.3) is 0 Å². The van der Waals surface area contributed by atoms with Gasteiger partial charge in [-0.05, 0) is 18.6 Å². The summed E-state index contributed by atoms with van der Waals surface area (Å²) < 4.78 is 4.05. The third-order valence-corrected chi connectivity index (χ3v) is 4.85. The topological polar surface area (TPSA) is 70.9 Å². The quantitative estimate of drug-likeness (QED) is 0.796. The van der Waals surface area contributed by atoms with Crippen LogP contribution >= 0.6 is 0 Å². The molecule has 6 nitrogen and oxygen atoms in total. The predicted octanol–water partition coefficient (Wildman–Crippen LogP) is 2.63. The number of rotatable bonds is 4. The first kappa shape index (κ1) is 15.9. The highest BCUT2D eigenvalue weighted by atomic mass is 15.4. The van der Waals surface area contributed by atoms with Crippen molar-refractivity contribution in [2.75, 3.05) is 0 Å². The van der Waals surface area contributed by atoms with Gasteiger partial charge in [0.2, 0.25) is 0 Å². The van der Waals surface area contributed by atoms with E-state index in [0.717, 1.165) is 47.7 Å². The molecule has 0 spiro atoms. The van der Waals surface area contributed by atoms with Gasteiger partial charge in [-0.25, -0.2) is 9.67 Å². The highest BCUT2D eigenvalue weighted by Crippen LogP contribution is 2.20. The molecule has 25 heavy (non-hydrogen) atoms. The predicted molar refractivity (Wildman–Crippen MR) is 95.2 cm³/mol. The van der Waals surface area contributed by atoms with Crippen LogP contribution in [0.15, 0.2) is 30.6 Å². The Morgan fingerprint density at radius 2 is 2.28 bits per heavy atom. The number of aryl methyl sites for hydroxylation is 1. The second-order valence-electron chi connectivity index (χ2n) is 6.97. The van der Waals surface area contributed by atoms with Crippen LogP contribution in [0.3, 0.4) is 0 Å². The summed E-state index contributed by atoms with van der Waals surface area (Å²) in [5.41, 5.74) is 2.76. The van der Waals surface area contributed by atoms with E-state index in [1.54, 1.807) is 0 Å². The van der Waals surface area contributed by atoms with Crippen molar-refractivity contribution in [2.24, 2.45) is 0 Å². The molecule has 3 aromatic rings. The number of aromatic nitrogens is 4. The summed E-state index contributed by atoms with van der Waals surface area (Å²) in [6, 6.07) is 8.63. The molecule has 0 bridgehead atoms. The molecule has 0 saturated heterocycles. The Kier molecular flexibility index (Phi) is 4.02. The highest BCUT2D eigenvalue weighted by Gasteiger charge is 2.22. The van der Waals surface area contributed by atoms with Crippen molar-refractivity contribution in [3.05, 3.63) is 53.4 Å². The van der Waals surface area contributed by atoms with Gasteiger partial charge < -0.3 is 9.72 Å².